The van der Waals surface area contributed by atoms with Crippen LogP contribution in [0, 0.1) is 0 Å². The molecular formula is C10H10F3N3O. The van der Waals surface area contributed by atoms with E-state index in [1.54, 1.807) is 0 Å². The third-order valence-electron chi connectivity index (χ3n) is 2.49. The molecule has 17 heavy (non-hydrogen) atoms. The van der Waals surface area contributed by atoms with Crippen LogP contribution in [0.1, 0.15) is 17.3 Å². The van der Waals surface area contributed by atoms with Gasteiger partial charge in [-0.1, -0.05) is 0 Å². The summed E-state index contributed by atoms with van der Waals surface area (Å²) in [5.74, 6) is -0.231. The molecular weight excluding hydrogens is 235 g/mol. The molecule has 1 atom stereocenters. The molecule has 92 valence electrons. The number of halogens is 3. The maximum Gasteiger partial charge on any atom is 0.418 e. The predicted molar refractivity (Wildman–Crippen MR) is 53.0 cm³/mol. The third-order valence-corrected chi connectivity index (χ3v) is 2.49. The number of carbonyl (C=O) groups is 1. The highest BCUT2D eigenvalue weighted by Gasteiger charge is 2.36. The molecule has 1 saturated heterocycles. The first-order chi connectivity index (χ1) is 7.98. The van der Waals surface area contributed by atoms with Crippen LogP contribution in [0.2, 0.25) is 0 Å². The molecule has 2 N–H and O–H groups in total. The van der Waals surface area contributed by atoms with Crippen molar-refractivity contribution in [2.24, 2.45) is 0 Å². The summed E-state index contributed by atoms with van der Waals surface area (Å²) in [4.78, 5) is 14.7. The van der Waals surface area contributed by atoms with Crippen LogP contribution in [0.25, 0.3) is 0 Å². The van der Waals surface area contributed by atoms with Gasteiger partial charge in [0.25, 0.3) is 0 Å². The van der Waals surface area contributed by atoms with E-state index in [0.717, 1.165) is 6.07 Å². The fourth-order valence-electron chi connectivity index (χ4n) is 1.69. The molecule has 1 unspecified atom stereocenters. The second kappa shape index (κ2) is 4.33. The Morgan fingerprint density at radius 3 is 2.76 bits per heavy atom. The molecule has 0 radical (unpaired) electrons. The summed E-state index contributed by atoms with van der Waals surface area (Å²) < 4.78 is 38.2. The largest absolute Gasteiger partial charge is 0.418 e. The minimum absolute atomic E-state index is 0.00145. The topological polar surface area (TPSA) is 54.0 Å². The molecule has 1 aromatic heterocycles. The molecule has 1 aromatic rings. The Morgan fingerprint density at radius 2 is 2.18 bits per heavy atom. The van der Waals surface area contributed by atoms with Crippen LogP contribution >= 0.6 is 0 Å². The maximum absolute atomic E-state index is 12.7. The van der Waals surface area contributed by atoms with Gasteiger partial charge in [0.1, 0.15) is 0 Å². The Kier molecular flexibility index (Phi) is 3.01. The summed E-state index contributed by atoms with van der Waals surface area (Å²) in [7, 11) is 0. The first kappa shape index (κ1) is 11.8. The van der Waals surface area contributed by atoms with Crippen LogP contribution in [-0.4, -0.2) is 24.0 Å². The number of nitrogens with one attached hydrogen (secondary N) is 2. The lowest BCUT2D eigenvalue weighted by molar-refractivity contribution is -0.138. The van der Waals surface area contributed by atoms with Crippen molar-refractivity contribution in [2.45, 2.75) is 12.2 Å². The number of alkyl halides is 3. The number of pyridine rings is 1. The van der Waals surface area contributed by atoms with Gasteiger partial charge in [0, 0.05) is 12.7 Å². The minimum Gasteiger partial charge on any atom is -0.353 e. The second-order valence-corrected chi connectivity index (χ2v) is 3.67. The van der Waals surface area contributed by atoms with Crippen LogP contribution in [0.4, 0.5) is 13.2 Å². The zero-order valence-electron chi connectivity index (χ0n) is 8.71. The quantitative estimate of drug-likeness (QED) is 0.771. The van der Waals surface area contributed by atoms with Crippen molar-refractivity contribution in [1.29, 1.82) is 0 Å². The van der Waals surface area contributed by atoms with Crippen LogP contribution in [0.3, 0.4) is 0 Å². The second-order valence-electron chi connectivity index (χ2n) is 3.67. The highest BCUT2D eigenvalue weighted by atomic mass is 19.4. The molecule has 0 aliphatic carbocycles. The summed E-state index contributed by atoms with van der Waals surface area (Å²) in [5.41, 5.74) is -0.853. The van der Waals surface area contributed by atoms with E-state index in [4.69, 9.17) is 0 Å². The summed E-state index contributed by atoms with van der Waals surface area (Å²) in [6.07, 6.45) is -3.13. The van der Waals surface area contributed by atoms with E-state index >= 15 is 0 Å². The van der Waals surface area contributed by atoms with E-state index in [0.29, 0.717) is 0 Å². The summed E-state index contributed by atoms with van der Waals surface area (Å²) in [5, 5.41) is 5.22. The number of piperazine rings is 1. The van der Waals surface area contributed by atoms with Gasteiger partial charge >= 0.3 is 6.18 Å². The van der Waals surface area contributed by atoms with Gasteiger partial charge in [-0.3, -0.25) is 15.1 Å². The molecule has 1 aliphatic heterocycles. The number of carbonyl (C=O) groups excluding carboxylic acids is 1. The van der Waals surface area contributed by atoms with Gasteiger partial charge in [0.05, 0.1) is 23.8 Å². The highest BCUT2D eigenvalue weighted by Crippen LogP contribution is 2.33. The minimum atomic E-state index is -4.44. The van der Waals surface area contributed by atoms with E-state index in [1.165, 1.54) is 12.3 Å². The van der Waals surface area contributed by atoms with Crippen LogP contribution in [-0.2, 0) is 11.0 Å². The van der Waals surface area contributed by atoms with E-state index in [1.807, 2.05) is 0 Å². The molecule has 7 heteroatoms. The Hall–Kier alpha value is -1.63. The van der Waals surface area contributed by atoms with Gasteiger partial charge < -0.3 is 5.32 Å². The molecule has 0 aromatic carbocycles. The van der Waals surface area contributed by atoms with Crippen molar-refractivity contribution in [3.8, 4) is 0 Å². The molecule has 2 heterocycles. The molecule has 0 bridgehead atoms. The number of rotatable bonds is 1. The monoisotopic (exact) mass is 245 g/mol. The van der Waals surface area contributed by atoms with Crippen LogP contribution in [0.15, 0.2) is 18.3 Å². The Morgan fingerprint density at radius 1 is 1.41 bits per heavy atom. The first-order valence-corrected chi connectivity index (χ1v) is 5.00. The van der Waals surface area contributed by atoms with Gasteiger partial charge in [-0.05, 0) is 12.1 Å². The van der Waals surface area contributed by atoms with Crippen LogP contribution in [0.5, 0.6) is 0 Å². The van der Waals surface area contributed by atoms with Crippen molar-refractivity contribution >= 4 is 5.91 Å². The summed E-state index contributed by atoms with van der Waals surface area (Å²) >= 11 is 0. The number of amides is 1. The number of hydrogen-bond acceptors (Lipinski definition) is 3. The zero-order chi connectivity index (χ0) is 12.5. The fourth-order valence-corrected chi connectivity index (χ4v) is 1.69. The first-order valence-electron chi connectivity index (χ1n) is 5.00. The van der Waals surface area contributed by atoms with Crippen LogP contribution < -0.4 is 10.6 Å². The number of aromatic nitrogens is 1. The molecule has 2 rings (SSSR count). The lowest BCUT2D eigenvalue weighted by Gasteiger charge is -2.25. The number of hydrogen-bond donors (Lipinski definition) is 2. The lowest BCUT2D eigenvalue weighted by atomic mass is 10.1. The van der Waals surface area contributed by atoms with E-state index in [2.05, 4.69) is 15.6 Å². The molecule has 0 spiro atoms. The standard InChI is InChI=1S/C10H10F3N3O/c11-10(12,13)6-2-1-3-14-9(6)7-4-16-8(17)5-15-7/h1-3,7,15H,4-5H2,(H,16,17). The van der Waals surface area contributed by atoms with E-state index < -0.39 is 17.8 Å². The van der Waals surface area contributed by atoms with Gasteiger partial charge in [-0.25, -0.2) is 0 Å². The Balaban J connectivity index is 2.29. The lowest BCUT2D eigenvalue weighted by Crippen LogP contribution is -2.47. The summed E-state index contributed by atoms with van der Waals surface area (Å²) in [6, 6.07) is 1.62. The third kappa shape index (κ3) is 2.55. The Labute approximate surface area is 95.2 Å². The molecule has 0 saturated carbocycles. The van der Waals surface area contributed by atoms with Gasteiger partial charge in [0.2, 0.25) is 5.91 Å². The molecule has 1 amide bonds. The Bertz CT molecular complexity index is 423. The number of nitrogens with zero attached hydrogens (tertiary/aromatic N) is 1. The summed E-state index contributed by atoms with van der Waals surface area (Å²) in [6.45, 7) is 0.109. The van der Waals surface area contributed by atoms with Crippen molar-refractivity contribution in [2.75, 3.05) is 13.1 Å². The normalized spacial score (nSPS) is 21.1. The van der Waals surface area contributed by atoms with Crippen molar-refractivity contribution in [1.82, 2.24) is 15.6 Å². The smallest absolute Gasteiger partial charge is 0.353 e. The predicted octanol–water partition coefficient (Wildman–Crippen LogP) is 0.861. The van der Waals surface area contributed by atoms with Gasteiger partial charge in [-0.2, -0.15) is 13.2 Å². The van der Waals surface area contributed by atoms with Crippen molar-refractivity contribution < 1.29 is 18.0 Å². The molecule has 4 nitrogen and oxygen atoms in total. The average molecular weight is 245 g/mol. The van der Waals surface area contributed by atoms with Crippen molar-refractivity contribution in [3.05, 3.63) is 29.6 Å². The van der Waals surface area contributed by atoms with E-state index in [-0.39, 0.29) is 24.7 Å². The molecule has 1 aliphatic rings. The SMILES string of the molecule is O=C1CNC(c2ncccc2C(F)(F)F)CN1. The zero-order valence-corrected chi connectivity index (χ0v) is 8.71. The molecule has 1 fully saturated rings. The van der Waals surface area contributed by atoms with E-state index in [9.17, 15) is 18.0 Å². The maximum atomic E-state index is 12.7. The van der Waals surface area contributed by atoms with Crippen molar-refractivity contribution in [3.63, 3.8) is 0 Å². The van der Waals surface area contributed by atoms with Gasteiger partial charge in [-0.15, -0.1) is 0 Å². The fraction of sp³-hybridized carbons (Fsp3) is 0.400. The highest BCUT2D eigenvalue weighted by molar-refractivity contribution is 5.78. The average Bonchev–Trinajstić information content (AvgIpc) is 2.29. The van der Waals surface area contributed by atoms with Gasteiger partial charge in [0.15, 0.2) is 0 Å².